The Morgan fingerprint density at radius 1 is 1.03 bits per heavy atom. The zero-order valence-electron chi connectivity index (χ0n) is 17.6. The average molecular weight is 406 g/mol. The number of hydrogen-bond acceptors (Lipinski definition) is 3. The van der Waals surface area contributed by atoms with Gasteiger partial charge in [-0.05, 0) is 18.1 Å². The lowest BCUT2D eigenvalue weighted by atomic mass is 10.0. The summed E-state index contributed by atoms with van der Waals surface area (Å²) in [5.74, 6) is 0.01000. The molecule has 4 rings (SSSR count). The van der Waals surface area contributed by atoms with Crippen LogP contribution in [0, 0.1) is 5.92 Å². The first-order valence-electron chi connectivity index (χ1n) is 10.7. The van der Waals surface area contributed by atoms with Crippen molar-refractivity contribution >= 4 is 16.8 Å². The van der Waals surface area contributed by atoms with Gasteiger partial charge in [-0.3, -0.25) is 14.2 Å². The van der Waals surface area contributed by atoms with Crippen LogP contribution in [0.4, 0.5) is 0 Å². The van der Waals surface area contributed by atoms with Crippen molar-refractivity contribution in [2.45, 2.75) is 26.4 Å². The molecule has 0 unspecified atom stereocenters. The minimum Gasteiger partial charge on any atom is -0.330 e. The molecule has 2 heterocycles. The van der Waals surface area contributed by atoms with Gasteiger partial charge in [-0.25, -0.2) is 4.98 Å². The Balaban J connectivity index is 1.50. The largest absolute Gasteiger partial charge is 0.330 e. The second-order valence-electron chi connectivity index (χ2n) is 8.40. The van der Waals surface area contributed by atoms with Gasteiger partial charge in [-0.2, -0.15) is 0 Å². The Morgan fingerprint density at radius 2 is 1.70 bits per heavy atom. The van der Waals surface area contributed by atoms with Gasteiger partial charge < -0.3 is 9.80 Å². The summed E-state index contributed by atoms with van der Waals surface area (Å²) in [5, 5.41) is 0.551. The standard InChI is InChI=1S/C24H28N4O2/c1-18(2)22(28-17-25-21-11-7-6-10-20(21)23(28)29)24(30)27-14-12-26(13-15-27)16-19-8-4-3-5-9-19/h3-11,17-18,22H,12-16H2,1-2H3/p+1/t22-/m1/s1. The van der Waals surface area contributed by atoms with Crippen LogP contribution >= 0.6 is 0 Å². The maximum atomic E-state index is 13.4. The Bertz CT molecular complexity index is 1070. The second-order valence-corrected chi connectivity index (χ2v) is 8.40. The molecule has 30 heavy (non-hydrogen) atoms. The molecule has 3 aromatic rings. The summed E-state index contributed by atoms with van der Waals surface area (Å²) < 4.78 is 1.53. The van der Waals surface area contributed by atoms with E-state index in [4.69, 9.17) is 0 Å². The topological polar surface area (TPSA) is 59.6 Å². The van der Waals surface area contributed by atoms with Gasteiger partial charge in [0.1, 0.15) is 12.6 Å². The number of benzene rings is 2. The van der Waals surface area contributed by atoms with Crippen molar-refractivity contribution in [2.75, 3.05) is 26.2 Å². The van der Waals surface area contributed by atoms with Gasteiger partial charge in [-0.1, -0.05) is 56.3 Å². The fourth-order valence-corrected chi connectivity index (χ4v) is 4.30. The van der Waals surface area contributed by atoms with E-state index in [1.807, 2.05) is 43.0 Å². The maximum Gasteiger partial charge on any atom is 0.261 e. The number of piperazine rings is 1. The highest BCUT2D eigenvalue weighted by atomic mass is 16.2. The van der Waals surface area contributed by atoms with Crippen LogP contribution < -0.4 is 10.5 Å². The smallest absolute Gasteiger partial charge is 0.261 e. The number of carbonyl (C=O) groups excluding carboxylic acids is 1. The Hall–Kier alpha value is -2.99. The van der Waals surface area contributed by atoms with Crippen LogP contribution in [0.15, 0.2) is 65.7 Å². The summed E-state index contributed by atoms with van der Waals surface area (Å²) in [6, 6.07) is 17.2. The Labute approximate surface area is 176 Å². The van der Waals surface area contributed by atoms with Crippen molar-refractivity contribution in [1.29, 1.82) is 0 Å². The van der Waals surface area contributed by atoms with E-state index in [0.717, 1.165) is 19.6 Å². The highest BCUT2D eigenvalue weighted by Crippen LogP contribution is 2.20. The lowest BCUT2D eigenvalue weighted by Gasteiger charge is -2.35. The Morgan fingerprint density at radius 3 is 2.40 bits per heavy atom. The van der Waals surface area contributed by atoms with E-state index in [-0.39, 0.29) is 17.4 Å². The van der Waals surface area contributed by atoms with Crippen LogP contribution in [-0.2, 0) is 11.3 Å². The number of nitrogens with zero attached hydrogens (tertiary/aromatic N) is 3. The first kappa shape index (κ1) is 20.3. The zero-order chi connectivity index (χ0) is 21.1. The molecular formula is C24H29N4O2+. The van der Waals surface area contributed by atoms with Crippen LogP contribution in [0.25, 0.3) is 10.9 Å². The molecule has 6 nitrogen and oxygen atoms in total. The van der Waals surface area contributed by atoms with E-state index in [1.54, 1.807) is 6.07 Å². The van der Waals surface area contributed by atoms with E-state index in [9.17, 15) is 9.59 Å². The monoisotopic (exact) mass is 405 g/mol. The third kappa shape index (κ3) is 4.14. The third-order valence-electron chi connectivity index (χ3n) is 5.95. The number of amides is 1. The van der Waals surface area contributed by atoms with E-state index < -0.39 is 6.04 Å². The third-order valence-corrected chi connectivity index (χ3v) is 5.95. The molecule has 0 aliphatic carbocycles. The van der Waals surface area contributed by atoms with Gasteiger partial charge in [0.15, 0.2) is 0 Å². The van der Waals surface area contributed by atoms with Gasteiger partial charge in [0.25, 0.3) is 5.56 Å². The molecule has 6 heteroatoms. The molecule has 1 aliphatic rings. The molecule has 1 aliphatic heterocycles. The molecule has 1 aromatic heterocycles. The summed E-state index contributed by atoms with van der Waals surface area (Å²) in [6.07, 6.45) is 1.53. The van der Waals surface area contributed by atoms with E-state index >= 15 is 0 Å². The lowest BCUT2D eigenvalue weighted by Crippen LogP contribution is -3.13. The highest BCUT2D eigenvalue weighted by molar-refractivity contribution is 5.82. The SMILES string of the molecule is CC(C)[C@H](C(=O)N1CC[NH+](Cc2ccccc2)CC1)n1cnc2ccccc2c1=O. The highest BCUT2D eigenvalue weighted by Gasteiger charge is 2.33. The van der Waals surface area contributed by atoms with Crippen LogP contribution in [0.3, 0.4) is 0 Å². The first-order valence-corrected chi connectivity index (χ1v) is 10.7. The quantitative estimate of drug-likeness (QED) is 0.700. The number of rotatable bonds is 5. The van der Waals surface area contributed by atoms with E-state index in [2.05, 4.69) is 29.2 Å². The van der Waals surface area contributed by atoms with Crippen LogP contribution in [0.2, 0.25) is 0 Å². The number of para-hydroxylation sites is 1. The van der Waals surface area contributed by atoms with Gasteiger partial charge in [-0.15, -0.1) is 0 Å². The molecular weight excluding hydrogens is 376 g/mol. The first-order chi connectivity index (χ1) is 14.5. The van der Waals surface area contributed by atoms with E-state index in [0.29, 0.717) is 24.0 Å². The summed E-state index contributed by atoms with van der Waals surface area (Å²) in [6.45, 7) is 8.19. The molecule has 1 atom stereocenters. The van der Waals surface area contributed by atoms with Gasteiger partial charge in [0.05, 0.1) is 43.4 Å². The van der Waals surface area contributed by atoms with Crippen LogP contribution in [0.1, 0.15) is 25.5 Å². The average Bonchev–Trinajstić information content (AvgIpc) is 2.76. The minimum absolute atomic E-state index is 0.00661. The second kappa shape index (κ2) is 8.79. The molecule has 1 fully saturated rings. The van der Waals surface area contributed by atoms with Crippen molar-refractivity contribution in [1.82, 2.24) is 14.5 Å². The van der Waals surface area contributed by atoms with Crippen molar-refractivity contribution in [3.8, 4) is 0 Å². The molecule has 2 aromatic carbocycles. The molecule has 0 spiro atoms. The number of fused-ring (bicyclic) bond motifs is 1. The molecule has 0 bridgehead atoms. The summed E-state index contributed by atoms with van der Waals surface area (Å²) in [5.41, 5.74) is 1.83. The summed E-state index contributed by atoms with van der Waals surface area (Å²) >= 11 is 0. The number of nitrogens with one attached hydrogen (secondary N) is 1. The number of carbonyl (C=O) groups is 1. The normalized spacial score (nSPS) is 16.2. The predicted octanol–water partition coefficient (Wildman–Crippen LogP) is 1.52. The van der Waals surface area contributed by atoms with Crippen molar-refractivity contribution in [3.05, 3.63) is 76.8 Å². The van der Waals surface area contributed by atoms with Crippen molar-refractivity contribution in [3.63, 3.8) is 0 Å². The molecule has 0 saturated carbocycles. The molecule has 0 radical (unpaired) electrons. The molecule has 1 amide bonds. The van der Waals surface area contributed by atoms with Crippen molar-refractivity contribution in [2.24, 2.45) is 5.92 Å². The van der Waals surface area contributed by atoms with Crippen molar-refractivity contribution < 1.29 is 9.69 Å². The van der Waals surface area contributed by atoms with E-state index in [1.165, 1.54) is 21.4 Å². The van der Waals surface area contributed by atoms with Gasteiger partial charge >= 0.3 is 0 Å². The lowest BCUT2D eigenvalue weighted by molar-refractivity contribution is -0.917. The van der Waals surface area contributed by atoms with Crippen LogP contribution in [0.5, 0.6) is 0 Å². The summed E-state index contributed by atoms with van der Waals surface area (Å²) in [4.78, 5) is 34.3. The molecule has 1 saturated heterocycles. The fraction of sp³-hybridized carbons (Fsp3) is 0.375. The maximum absolute atomic E-state index is 13.4. The number of aromatic nitrogens is 2. The molecule has 1 N–H and O–H groups in total. The predicted molar refractivity (Wildman–Crippen MR) is 117 cm³/mol. The van der Waals surface area contributed by atoms with Gasteiger partial charge in [0.2, 0.25) is 5.91 Å². The fourth-order valence-electron chi connectivity index (χ4n) is 4.30. The van der Waals surface area contributed by atoms with Gasteiger partial charge in [0, 0.05) is 5.56 Å². The number of hydrogen-bond donors (Lipinski definition) is 1. The van der Waals surface area contributed by atoms with Crippen LogP contribution in [-0.4, -0.2) is 46.5 Å². The minimum atomic E-state index is -0.537. The number of quaternary nitrogens is 1. The Kier molecular flexibility index (Phi) is 5.95. The summed E-state index contributed by atoms with van der Waals surface area (Å²) in [7, 11) is 0. The zero-order valence-corrected chi connectivity index (χ0v) is 17.6. The molecule has 156 valence electrons.